The van der Waals surface area contributed by atoms with Crippen LogP contribution in [0, 0.1) is 13.8 Å². The average Bonchev–Trinajstić information content (AvgIpc) is 2.79. The first-order valence-electron chi connectivity index (χ1n) is 10.8. The molecule has 1 atom stereocenters. The molecule has 176 valence electrons. The summed E-state index contributed by atoms with van der Waals surface area (Å²) >= 11 is 0. The van der Waals surface area contributed by atoms with Crippen LogP contribution in [0.1, 0.15) is 48.2 Å². The molecule has 8 heteroatoms. The molecule has 0 heterocycles. The highest BCUT2D eigenvalue weighted by molar-refractivity contribution is 5.98. The van der Waals surface area contributed by atoms with Gasteiger partial charge < -0.3 is 20.1 Å². The number of carbonyl (C=O) groups is 4. The second kappa shape index (κ2) is 12.4. The molecule has 0 saturated carbocycles. The molecule has 0 bridgehead atoms. The molecule has 2 N–H and O–H groups in total. The maximum Gasteiger partial charge on any atom is 0.307 e. The molecule has 2 rings (SSSR count). The number of ether oxygens (including phenoxy) is 2. The van der Waals surface area contributed by atoms with Crippen LogP contribution in [0.3, 0.4) is 0 Å². The second-order valence-electron chi connectivity index (χ2n) is 7.55. The van der Waals surface area contributed by atoms with E-state index in [1.807, 2.05) is 39.0 Å². The Labute approximate surface area is 193 Å². The van der Waals surface area contributed by atoms with E-state index in [2.05, 4.69) is 10.6 Å². The number of Topliss-reactive ketones (excluding diaryl/α,β-unsaturated/α-hetero) is 1. The van der Waals surface area contributed by atoms with Gasteiger partial charge in [-0.15, -0.1) is 0 Å². The number of hydrogen-bond donors (Lipinski definition) is 2. The molecule has 2 amide bonds. The van der Waals surface area contributed by atoms with E-state index >= 15 is 0 Å². The summed E-state index contributed by atoms with van der Waals surface area (Å²) in [7, 11) is 0. The molecule has 0 radical (unpaired) electrons. The minimum absolute atomic E-state index is 0.0423. The predicted molar refractivity (Wildman–Crippen MR) is 124 cm³/mol. The van der Waals surface area contributed by atoms with E-state index in [0.717, 1.165) is 11.1 Å². The zero-order chi connectivity index (χ0) is 24.4. The van der Waals surface area contributed by atoms with Crippen LogP contribution < -0.4 is 15.4 Å². The number of carbonyl (C=O) groups excluding carboxylic acids is 4. The Morgan fingerprint density at radius 1 is 0.939 bits per heavy atom. The van der Waals surface area contributed by atoms with Crippen LogP contribution in [-0.4, -0.2) is 42.8 Å². The van der Waals surface area contributed by atoms with Crippen LogP contribution in [0.5, 0.6) is 5.75 Å². The van der Waals surface area contributed by atoms with E-state index < -0.39 is 18.0 Å². The Morgan fingerprint density at radius 3 is 2.18 bits per heavy atom. The third-order valence-corrected chi connectivity index (χ3v) is 4.89. The van der Waals surface area contributed by atoms with Crippen molar-refractivity contribution >= 4 is 29.3 Å². The van der Waals surface area contributed by atoms with Crippen LogP contribution in [0.15, 0.2) is 42.5 Å². The average molecular weight is 455 g/mol. The lowest BCUT2D eigenvalue weighted by Crippen LogP contribution is -2.40. The van der Waals surface area contributed by atoms with Gasteiger partial charge in [0.15, 0.2) is 11.9 Å². The van der Waals surface area contributed by atoms with Gasteiger partial charge in [-0.05, 0) is 63.1 Å². The molecule has 0 saturated heterocycles. The van der Waals surface area contributed by atoms with Crippen LogP contribution in [0.4, 0.5) is 5.69 Å². The highest BCUT2D eigenvalue weighted by Gasteiger charge is 2.19. The third-order valence-electron chi connectivity index (χ3n) is 4.89. The van der Waals surface area contributed by atoms with Crippen LogP contribution in [-0.2, 0) is 19.1 Å². The number of nitrogens with one attached hydrogen (secondary N) is 2. The van der Waals surface area contributed by atoms with Crippen LogP contribution in [0.2, 0.25) is 0 Å². The van der Waals surface area contributed by atoms with Crippen molar-refractivity contribution < 1.29 is 28.7 Å². The summed E-state index contributed by atoms with van der Waals surface area (Å²) in [5.41, 5.74) is 2.99. The summed E-state index contributed by atoms with van der Waals surface area (Å²) in [6, 6.07) is 12.3. The zero-order valence-electron chi connectivity index (χ0n) is 19.4. The lowest BCUT2D eigenvalue weighted by molar-refractivity contribution is -0.154. The number of aryl methyl sites for hydroxylation is 2. The number of ketones is 1. The maximum atomic E-state index is 12.2. The Morgan fingerprint density at radius 2 is 1.58 bits per heavy atom. The molecule has 33 heavy (non-hydrogen) atoms. The highest BCUT2D eigenvalue weighted by atomic mass is 16.5. The maximum absolute atomic E-state index is 12.2. The Kier molecular flexibility index (Phi) is 9.60. The number of rotatable bonds is 11. The topological polar surface area (TPSA) is 111 Å². The van der Waals surface area contributed by atoms with Gasteiger partial charge in [0, 0.05) is 17.7 Å². The van der Waals surface area contributed by atoms with E-state index in [1.54, 1.807) is 24.3 Å². The third kappa shape index (κ3) is 8.07. The van der Waals surface area contributed by atoms with Crippen molar-refractivity contribution in [3.05, 3.63) is 59.2 Å². The predicted octanol–water partition coefficient (Wildman–Crippen LogP) is 3.35. The fraction of sp³-hybridized carbons (Fsp3) is 0.360. The molecule has 0 spiro atoms. The lowest BCUT2D eigenvalue weighted by Gasteiger charge is -2.14. The smallest absolute Gasteiger partial charge is 0.307 e. The van der Waals surface area contributed by atoms with Gasteiger partial charge in [0.1, 0.15) is 5.75 Å². The number of hydrogen-bond acceptors (Lipinski definition) is 6. The standard InChI is InChI=1S/C25H30N2O6/c1-5-32-20-11-9-19(10-12-20)21(28)13-14-23(30)33-18(4)25(31)26-15-22(29)27-24-16(2)7-6-8-17(24)3/h6-12,18H,5,13-15H2,1-4H3,(H,26,31)(H,27,29). The minimum atomic E-state index is -1.09. The van der Waals surface area contributed by atoms with Gasteiger partial charge >= 0.3 is 5.97 Å². The van der Waals surface area contributed by atoms with E-state index in [1.165, 1.54) is 6.92 Å². The summed E-state index contributed by atoms with van der Waals surface area (Å²) in [5, 5.41) is 5.21. The van der Waals surface area contributed by atoms with Gasteiger partial charge in [-0.25, -0.2) is 0 Å². The number of amides is 2. The molecule has 1 unspecified atom stereocenters. The van der Waals surface area contributed by atoms with Gasteiger partial charge in [-0.1, -0.05) is 18.2 Å². The van der Waals surface area contributed by atoms with E-state index in [0.29, 0.717) is 23.6 Å². The van der Waals surface area contributed by atoms with Crippen molar-refractivity contribution in [3.8, 4) is 5.75 Å². The van der Waals surface area contributed by atoms with E-state index in [-0.39, 0.29) is 31.1 Å². The van der Waals surface area contributed by atoms with Gasteiger partial charge in [0.05, 0.1) is 19.6 Å². The first-order valence-corrected chi connectivity index (χ1v) is 10.8. The Balaban J connectivity index is 1.74. The lowest BCUT2D eigenvalue weighted by atomic mass is 10.1. The van der Waals surface area contributed by atoms with Crippen LogP contribution >= 0.6 is 0 Å². The highest BCUT2D eigenvalue weighted by Crippen LogP contribution is 2.19. The monoisotopic (exact) mass is 454 g/mol. The van der Waals surface area contributed by atoms with Gasteiger partial charge in [-0.2, -0.15) is 0 Å². The van der Waals surface area contributed by atoms with Crippen LogP contribution in [0.25, 0.3) is 0 Å². The molecule has 0 aliphatic rings. The summed E-state index contributed by atoms with van der Waals surface area (Å²) in [5.74, 6) is -1.21. The summed E-state index contributed by atoms with van der Waals surface area (Å²) in [4.78, 5) is 48.6. The fourth-order valence-corrected chi connectivity index (χ4v) is 3.08. The molecule has 0 aromatic heterocycles. The van der Waals surface area contributed by atoms with Crippen molar-refractivity contribution in [2.24, 2.45) is 0 Å². The molecule has 0 aliphatic carbocycles. The number of anilines is 1. The second-order valence-corrected chi connectivity index (χ2v) is 7.55. The molecular formula is C25H30N2O6. The van der Waals surface area contributed by atoms with Gasteiger partial charge in [0.25, 0.3) is 5.91 Å². The van der Waals surface area contributed by atoms with Crippen molar-refractivity contribution in [2.45, 2.75) is 46.6 Å². The molecule has 0 fully saturated rings. The fourth-order valence-electron chi connectivity index (χ4n) is 3.08. The summed E-state index contributed by atoms with van der Waals surface area (Å²) in [6.45, 7) is 7.30. The van der Waals surface area contributed by atoms with Gasteiger partial charge in [-0.3, -0.25) is 19.2 Å². The van der Waals surface area contributed by atoms with Gasteiger partial charge in [0.2, 0.25) is 5.91 Å². The molecule has 2 aromatic rings. The molecular weight excluding hydrogens is 424 g/mol. The SMILES string of the molecule is CCOc1ccc(C(=O)CCC(=O)OC(C)C(=O)NCC(=O)Nc2c(C)cccc2C)cc1. The normalized spacial score (nSPS) is 11.3. The molecule has 2 aromatic carbocycles. The quantitative estimate of drug-likeness (QED) is 0.398. The number of esters is 1. The Bertz CT molecular complexity index is 980. The van der Waals surface area contributed by atoms with E-state index in [4.69, 9.17) is 9.47 Å². The molecule has 8 nitrogen and oxygen atoms in total. The van der Waals surface area contributed by atoms with Crippen molar-refractivity contribution in [1.82, 2.24) is 5.32 Å². The zero-order valence-corrected chi connectivity index (χ0v) is 19.4. The Hall–Kier alpha value is -3.68. The molecule has 0 aliphatic heterocycles. The minimum Gasteiger partial charge on any atom is -0.494 e. The first kappa shape index (κ1) is 25.6. The summed E-state index contributed by atoms with van der Waals surface area (Å²) < 4.78 is 10.4. The number of benzene rings is 2. The summed E-state index contributed by atoms with van der Waals surface area (Å²) in [6.07, 6.45) is -1.29. The van der Waals surface area contributed by atoms with E-state index in [9.17, 15) is 19.2 Å². The first-order chi connectivity index (χ1) is 15.7. The largest absolute Gasteiger partial charge is 0.494 e. The van der Waals surface area contributed by atoms with Crippen molar-refractivity contribution in [1.29, 1.82) is 0 Å². The van der Waals surface area contributed by atoms with Crippen molar-refractivity contribution in [2.75, 3.05) is 18.5 Å². The number of para-hydroxylation sites is 1. The van der Waals surface area contributed by atoms with Crippen molar-refractivity contribution in [3.63, 3.8) is 0 Å².